The summed E-state index contributed by atoms with van der Waals surface area (Å²) in [5.41, 5.74) is 2.35. The lowest BCUT2D eigenvalue weighted by Gasteiger charge is -2.39. The average Bonchev–Trinajstić information content (AvgIpc) is 3.13. The van der Waals surface area contributed by atoms with Crippen LogP contribution in [-0.2, 0) is 11.3 Å². The third kappa shape index (κ3) is 4.93. The van der Waals surface area contributed by atoms with Crippen molar-refractivity contribution in [1.29, 1.82) is 5.26 Å². The molecule has 1 aromatic carbocycles. The van der Waals surface area contributed by atoms with E-state index in [0.29, 0.717) is 27.9 Å². The van der Waals surface area contributed by atoms with Crippen LogP contribution in [0, 0.1) is 24.2 Å². The Hall–Kier alpha value is -3.09. The topological polar surface area (TPSA) is 72.6 Å². The monoisotopic (exact) mass is 521 g/mol. The van der Waals surface area contributed by atoms with E-state index in [2.05, 4.69) is 41.8 Å². The zero-order chi connectivity index (χ0) is 26.0. The number of hydrogen-bond donors (Lipinski definition) is 0. The van der Waals surface area contributed by atoms with Crippen molar-refractivity contribution in [2.45, 2.75) is 34.2 Å². The van der Waals surface area contributed by atoms with Gasteiger partial charge in [-0.1, -0.05) is 56.0 Å². The number of carbonyl (C=O) groups is 1. The lowest BCUT2D eigenvalue weighted by atomic mass is 10.0. The molecule has 2 aliphatic heterocycles. The highest BCUT2D eigenvalue weighted by Gasteiger charge is 2.34. The Bertz CT molecular complexity index is 1300. The third-order valence-corrected chi connectivity index (χ3v) is 7.94. The highest BCUT2D eigenvalue weighted by molar-refractivity contribution is 8.26. The predicted molar refractivity (Wildman–Crippen MR) is 151 cm³/mol. The van der Waals surface area contributed by atoms with Crippen LogP contribution in [0.3, 0.4) is 0 Å². The molecule has 0 radical (unpaired) electrons. The minimum Gasteiger partial charge on any atom is -0.368 e. The summed E-state index contributed by atoms with van der Waals surface area (Å²) in [5.74, 6) is 0.934. The molecule has 36 heavy (non-hydrogen) atoms. The molecule has 2 aromatic rings. The Morgan fingerprint density at radius 2 is 1.75 bits per heavy atom. The molecule has 2 saturated heterocycles. The first-order valence-corrected chi connectivity index (χ1v) is 13.5. The van der Waals surface area contributed by atoms with Crippen molar-refractivity contribution in [3.8, 4) is 6.07 Å². The molecular formula is C27H31N5O2S2. The number of rotatable bonds is 6. The van der Waals surface area contributed by atoms with Crippen LogP contribution in [0.2, 0.25) is 0 Å². The molecule has 2 fully saturated rings. The van der Waals surface area contributed by atoms with Gasteiger partial charge in [0, 0.05) is 50.5 Å². The molecule has 1 amide bonds. The fraction of sp³-hybridized carbons (Fsp3) is 0.407. The fourth-order valence-corrected chi connectivity index (χ4v) is 6.00. The lowest BCUT2D eigenvalue weighted by molar-refractivity contribution is -0.122. The Labute approximate surface area is 222 Å². The molecule has 0 atom stereocenters. The quantitative estimate of drug-likeness (QED) is 0.416. The fourth-order valence-electron chi connectivity index (χ4n) is 4.75. The zero-order valence-electron chi connectivity index (χ0n) is 21.2. The van der Waals surface area contributed by atoms with Crippen LogP contribution in [0.15, 0.2) is 40.0 Å². The minimum absolute atomic E-state index is 0.118. The highest BCUT2D eigenvalue weighted by atomic mass is 32.2. The van der Waals surface area contributed by atoms with Crippen molar-refractivity contribution in [2.24, 2.45) is 5.92 Å². The zero-order valence-corrected chi connectivity index (χ0v) is 22.8. The van der Waals surface area contributed by atoms with E-state index in [1.165, 1.54) is 17.4 Å². The van der Waals surface area contributed by atoms with Crippen LogP contribution in [0.4, 0.5) is 11.5 Å². The summed E-state index contributed by atoms with van der Waals surface area (Å²) in [5, 5.41) is 9.80. The number of nitriles is 1. The summed E-state index contributed by atoms with van der Waals surface area (Å²) in [6.07, 6.45) is 1.83. The minimum atomic E-state index is -0.289. The van der Waals surface area contributed by atoms with Crippen molar-refractivity contribution >= 4 is 51.8 Å². The molecule has 2 aliphatic rings. The van der Waals surface area contributed by atoms with Gasteiger partial charge in [0.15, 0.2) is 0 Å². The van der Waals surface area contributed by atoms with Crippen LogP contribution in [0.25, 0.3) is 6.08 Å². The molecule has 7 nitrogen and oxygen atoms in total. The first-order chi connectivity index (χ1) is 17.3. The number of benzene rings is 1. The summed E-state index contributed by atoms with van der Waals surface area (Å²) in [6.45, 7) is 11.8. The summed E-state index contributed by atoms with van der Waals surface area (Å²) in [7, 11) is 0. The van der Waals surface area contributed by atoms with Crippen molar-refractivity contribution in [2.75, 3.05) is 42.5 Å². The number of anilines is 2. The summed E-state index contributed by atoms with van der Waals surface area (Å²) in [4.78, 5) is 33.2. The summed E-state index contributed by atoms with van der Waals surface area (Å²) < 4.78 is 2.21. The second-order valence-electron chi connectivity index (χ2n) is 9.39. The number of aromatic nitrogens is 1. The van der Waals surface area contributed by atoms with Gasteiger partial charge in [-0.2, -0.15) is 5.26 Å². The smallest absolute Gasteiger partial charge is 0.270 e. The second-order valence-corrected chi connectivity index (χ2v) is 11.1. The van der Waals surface area contributed by atoms with E-state index in [-0.39, 0.29) is 22.9 Å². The summed E-state index contributed by atoms with van der Waals surface area (Å²) >= 11 is 6.78. The van der Waals surface area contributed by atoms with Crippen molar-refractivity contribution in [3.63, 3.8) is 0 Å². The number of amides is 1. The van der Waals surface area contributed by atoms with Crippen molar-refractivity contribution < 1.29 is 4.79 Å². The molecule has 9 heteroatoms. The van der Waals surface area contributed by atoms with E-state index >= 15 is 0 Å². The van der Waals surface area contributed by atoms with E-state index in [1.807, 2.05) is 31.2 Å². The lowest BCUT2D eigenvalue weighted by Crippen LogP contribution is -2.48. The van der Waals surface area contributed by atoms with Crippen molar-refractivity contribution in [3.05, 3.63) is 62.3 Å². The number of piperazine rings is 1. The van der Waals surface area contributed by atoms with Gasteiger partial charge in [0.2, 0.25) is 0 Å². The van der Waals surface area contributed by atoms with Crippen LogP contribution in [0.5, 0.6) is 0 Å². The number of hydrogen-bond acceptors (Lipinski definition) is 7. The first kappa shape index (κ1) is 26.0. The molecule has 4 rings (SSSR count). The maximum absolute atomic E-state index is 13.3. The molecule has 188 valence electrons. The second kappa shape index (κ2) is 10.9. The van der Waals surface area contributed by atoms with Gasteiger partial charge in [0.1, 0.15) is 21.8 Å². The Morgan fingerprint density at radius 3 is 2.33 bits per heavy atom. The molecule has 1 aromatic heterocycles. The van der Waals surface area contributed by atoms with Gasteiger partial charge in [0.05, 0.1) is 4.91 Å². The average molecular weight is 522 g/mol. The van der Waals surface area contributed by atoms with E-state index in [4.69, 9.17) is 12.2 Å². The van der Waals surface area contributed by atoms with Crippen LogP contribution < -0.4 is 15.4 Å². The Balaban J connectivity index is 1.77. The SMILES string of the molecule is CCn1c(N2CCN(c3ccccc3)CC2)c(/C=C2/SC(=S)N(CC(C)C)C2=O)c(C)c(C#N)c1=O. The molecule has 0 bridgehead atoms. The van der Waals surface area contributed by atoms with E-state index in [1.54, 1.807) is 16.4 Å². The number of thioether (sulfide) groups is 1. The van der Waals surface area contributed by atoms with Gasteiger partial charge in [-0.25, -0.2) is 0 Å². The van der Waals surface area contributed by atoms with Gasteiger partial charge in [-0.15, -0.1) is 0 Å². The van der Waals surface area contributed by atoms with Gasteiger partial charge in [-0.05, 0) is 43.5 Å². The molecule has 0 unspecified atom stereocenters. The normalized spacial score (nSPS) is 17.4. The Kier molecular flexibility index (Phi) is 7.86. The summed E-state index contributed by atoms with van der Waals surface area (Å²) in [6, 6.07) is 12.4. The number of thiocarbonyl (C=S) groups is 1. The maximum Gasteiger partial charge on any atom is 0.270 e. The first-order valence-electron chi connectivity index (χ1n) is 12.2. The van der Waals surface area contributed by atoms with Crippen LogP contribution in [-0.4, -0.2) is 52.4 Å². The van der Waals surface area contributed by atoms with Crippen molar-refractivity contribution in [1.82, 2.24) is 9.47 Å². The number of carbonyl (C=O) groups excluding carboxylic acids is 1. The molecule has 0 N–H and O–H groups in total. The van der Waals surface area contributed by atoms with Gasteiger partial charge >= 0.3 is 0 Å². The molecule has 0 saturated carbocycles. The third-order valence-electron chi connectivity index (χ3n) is 6.56. The molecular weight excluding hydrogens is 490 g/mol. The number of nitrogens with zero attached hydrogens (tertiary/aromatic N) is 5. The molecule has 3 heterocycles. The largest absolute Gasteiger partial charge is 0.368 e. The molecule has 0 spiro atoms. The van der Waals surface area contributed by atoms with Crippen LogP contribution >= 0.6 is 24.0 Å². The van der Waals surface area contributed by atoms with Gasteiger partial charge in [-0.3, -0.25) is 19.1 Å². The Morgan fingerprint density at radius 1 is 1.11 bits per heavy atom. The van der Waals surface area contributed by atoms with E-state index in [9.17, 15) is 14.9 Å². The van der Waals surface area contributed by atoms with Gasteiger partial charge in [0.25, 0.3) is 11.5 Å². The number of pyridine rings is 1. The van der Waals surface area contributed by atoms with Crippen LogP contribution in [0.1, 0.15) is 37.5 Å². The van der Waals surface area contributed by atoms with E-state index < -0.39 is 0 Å². The highest BCUT2D eigenvalue weighted by Crippen LogP contribution is 2.36. The maximum atomic E-state index is 13.3. The van der Waals surface area contributed by atoms with E-state index in [0.717, 1.165) is 37.6 Å². The van der Waals surface area contributed by atoms with Gasteiger partial charge < -0.3 is 9.80 Å². The predicted octanol–water partition coefficient (Wildman–Crippen LogP) is 4.23. The number of para-hydroxylation sites is 1. The standard InChI is InChI=1S/C27H31N5O2S2/c1-5-31-24(30-13-11-29(12-14-30)20-9-7-6-8-10-20)21(19(4)22(16-28)25(31)33)15-23-26(34)32(17-18(2)3)27(35)36-23/h6-10,15,18H,5,11-14,17H2,1-4H3/b23-15+. The molecule has 0 aliphatic carbocycles.